The van der Waals surface area contributed by atoms with E-state index in [1.165, 1.54) is 0 Å². The van der Waals surface area contributed by atoms with Gasteiger partial charge in [0.15, 0.2) is 11.6 Å². The minimum Gasteiger partial charge on any atom is -0.365 e. The fourth-order valence-corrected chi connectivity index (χ4v) is 2.77. The fourth-order valence-electron chi connectivity index (χ4n) is 2.77. The van der Waals surface area contributed by atoms with Crippen molar-refractivity contribution < 1.29 is 9.18 Å². The van der Waals surface area contributed by atoms with Gasteiger partial charge in [-0.2, -0.15) is 5.10 Å². The quantitative estimate of drug-likeness (QED) is 0.496. The molecule has 0 aliphatic carbocycles. The predicted octanol–water partition coefficient (Wildman–Crippen LogP) is 2.58. The number of nitrogens with zero attached hydrogens (tertiary/aromatic N) is 3. The van der Waals surface area contributed by atoms with E-state index in [9.17, 15) is 9.18 Å². The first-order valence-corrected chi connectivity index (χ1v) is 9.05. The third-order valence-electron chi connectivity index (χ3n) is 4.60. The van der Waals surface area contributed by atoms with Crippen molar-refractivity contribution in [3.05, 3.63) is 41.8 Å². The molecule has 2 aromatic heterocycles. The van der Waals surface area contributed by atoms with Crippen LogP contribution in [0.3, 0.4) is 0 Å². The van der Waals surface area contributed by atoms with Crippen LogP contribution in [-0.4, -0.2) is 32.8 Å². The number of halogens is 1. The maximum absolute atomic E-state index is 14.4. The van der Waals surface area contributed by atoms with Gasteiger partial charge in [-0.3, -0.25) is 9.48 Å². The van der Waals surface area contributed by atoms with Gasteiger partial charge in [-0.25, -0.2) is 9.37 Å². The summed E-state index contributed by atoms with van der Waals surface area (Å²) in [5, 5.41) is 11.2. The van der Waals surface area contributed by atoms with Crippen LogP contribution >= 0.6 is 0 Å². The van der Waals surface area contributed by atoms with E-state index in [0.29, 0.717) is 5.69 Å². The number of nitrogens with two attached hydrogens (primary N) is 2. The molecule has 3 rings (SSSR count). The molecule has 0 aliphatic heterocycles. The van der Waals surface area contributed by atoms with Crippen molar-refractivity contribution >= 4 is 34.1 Å². The van der Waals surface area contributed by atoms with E-state index in [0.717, 1.165) is 23.5 Å². The zero-order valence-corrected chi connectivity index (χ0v) is 16.0. The molecule has 0 unspecified atom stereocenters. The van der Waals surface area contributed by atoms with Gasteiger partial charge in [0.05, 0.1) is 17.3 Å². The maximum Gasteiger partial charge on any atom is 0.252 e. The molecule has 1 amide bonds. The van der Waals surface area contributed by atoms with Crippen LogP contribution in [0.15, 0.2) is 30.5 Å². The summed E-state index contributed by atoms with van der Waals surface area (Å²) in [6.07, 6.45) is 1.76. The second kappa shape index (κ2) is 7.81. The molecule has 28 heavy (non-hydrogen) atoms. The summed E-state index contributed by atoms with van der Waals surface area (Å²) in [6, 6.07) is 6.27. The number of hydrogen-bond donors (Lipinski definition) is 4. The van der Waals surface area contributed by atoms with Crippen molar-refractivity contribution in [1.29, 1.82) is 0 Å². The summed E-state index contributed by atoms with van der Waals surface area (Å²) in [5.41, 5.74) is 12.9. The lowest BCUT2D eigenvalue weighted by Crippen LogP contribution is -2.35. The molecule has 0 aliphatic rings. The second-order valence-corrected chi connectivity index (χ2v) is 6.73. The number of benzene rings is 1. The number of rotatable bonds is 7. The predicted molar refractivity (Wildman–Crippen MR) is 108 cm³/mol. The van der Waals surface area contributed by atoms with Crippen molar-refractivity contribution in [3.8, 4) is 0 Å². The molecule has 0 radical (unpaired) electrons. The standard InChI is InChI=1S/C19H24FN7O/c1-4-27-16-6-5-13(7-12(16)9-23-27)25-18-14(17(22)28)8-15(20)19(26-18)24-11(3)10(2)21/h5-11H,4,21H2,1-3H3,(H2,22,28)(H2,24,25,26)/t10-,11+/m1/s1. The molecule has 0 saturated carbocycles. The number of aromatic nitrogens is 3. The molecular formula is C19H24FN7O. The summed E-state index contributed by atoms with van der Waals surface area (Å²) in [5.74, 6) is -1.29. The Morgan fingerprint density at radius 3 is 2.68 bits per heavy atom. The highest BCUT2D eigenvalue weighted by Gasteiger charge is 2.18. The number of aryl methyl sites for hydroxylation is 1. The third kappa shape index (κ3) is 3.89. The Labute approximate surface area is 162 Å². The Balaban J connectivity index is 1.98. The van der Waals surface area contributed by atoms with Crippen molar-refractivity contribution in [1.82, 2.24) is 14.8 Å². The summed E-state index contributed by atoms with van der Waals surface area (Å²) in [6.45, 7) is 6.39. The lowest BCUT2D eigenvalue weighted by atomic mass is 10.1. The number of fused-ring (bicyclic) bond motifs is 1. The van der Waals surface area contributed by atoms with Crippen LogP contribution in [-0.2, 0) is 6.54 Å². The highest BCUT2D eigenvalue weighted by atomic mass is 19.1. The first-order chi connectivity index (χ1) is 13.3. The Morgan fingerprint density at radius 1 is 1.29 bits per heavy atom. The molecule has 9 heteroatoms. The van der Waals surface area contributed by atoms with Gasteiger partial charge >= 0.3 is 0 Å². The zero-order valence-electron chi connectivity index (χ0n) is 16.0. The number of pyridine rings is 1. The summed E-state index contributed by atoms with van der Waals surface area (Å²) < 4.78 is 16.3. The number of carbonyl (C=O) groups excluding carboxylic acids is 1. The van der Waals surface area contributed by atoms with Crippen LogP contribution in [0.1, 0.15) is 31.1 Å². The van der Waals surface area contributed by atoms with E-state index in [1.807, 2.05) is 36.7 Å². The molecule has 8 nitrogen and oxygen atoms in total. The average molecular weight is 385 g/mol. The topological polar surface area (TPSA) is 124 Å². The second-order valence-electron chi connectivity index (χ2n) is 6.73. The number of anilines is 3. The van der Waals surface area contributed by atoms with Crippen molar-refractivity contribution in [2.75, 3.05) is 10.6 Å². The SMILES string of the molecule is CCn1ncc2cc(Nc3nc(N[C@@H](C)[C@@H](C)N)c(F)cc3C(N)=O)ccc21. The van der Waals surface area contributed by atoms with Gasteiger partial charge < -0.3 is 22.1 Å². The number of primary amides is 1. The first kappa shape index (κ1) is 19.6. The minimum atomic E-state index is -0.777. The third-order valence-corrected chi connectivity index (χ3v) is 4.60. The molecule has 148 valence electrons. The maximum atomic E-state index is 14.4. The number of amides is 1. The largest absolute Gasteiger partial charge is 0.365 e. The smallest absolute Gasteiger partial charge is 0.252 e. The van der Waals surface area contributed by atoms with Gasteiger partial charge in [-0.1, -0.05) is 0 Å². The van der Waals surface area contributed by atoms with Gasteiger partial charge in [-0.05, 0) is 45.0 Å². The first-order valence-electron chi connectivity index (χ1n) is 9.05. The Kier molecular flexibility index (Phi) is 5.46. The van der Waals surface area contributed by atoms with Crippen LogP contribution in [0, 0.1) is 5.82 Å². The van der Waals surface area contributed by atoms with Crippen molar-refractivity contribution in [2.24, 2.45) is 11.5 Å². The minimum absolute atomic E-state index is 0.00261. The molecular weight excluding hydrogens is 361 g/mol. The Bertz CT molecular complexity index is 1010. The van der Waals surface area contributed by atoms with Crippen LogP contribution in [0.4, 0.5) is 21.7 Å². The summed E-state index contributed by atoms with van der Waals surface area (Å²) in [7, 11) is 0. The van der Waals surface area contributed by atoms with E-state index >= 15 is 0 Å². The van der Waals surface area contributed by atoms with E-state index in [4.69, 9.17) is 11.5 Å². The molecule has 2 heterocycles. The van der Waals surface area contributed by atoms with Crippen LogP contribution in [0.5, 0.6) is 0 Å². The average Bonchev–Trinajstić information content (AvgIpc) is 3.06. The molecule has 2 atom stereocenters. The molecule has 1 aromatic carbocycles. The lowest BCUT2D eigenvalue weighted by Gasteiger charge is -2.20. The number of hydrogen-bond acceptors (Lipinski definition) is 6. The number of nitrogens with one attached hydrogen (secondary N) is 2. The van der Waals surface area contributed by atoms with Gasteiger partial charge in [-0.15, -0.1) is 0 Å². The molecule has 0 fully saturated rings. The van der Waals surface area contributed by atoms with Gasteiger partial charge in [0.1, 0.15) is 5.82 Å². The lowest BCUT2D eigenvalue weighted by molar-refractivity contribution is 0.100. The van der Waals surface area contributed by atoms with Crippen molar-refractivity contribution in [3.63, 3.8) is 0 Å². The Hall–Kier alpha value is -3.20. The zero-order chi connectivity index (χ0) is 20.4. The fraction of sp³-hybridized carbons (Fsp3) is 0.316. The van der Waals surface area contributed by atoms with Gasteiger partial charge in [0.25, 0.3) is 5.91 Å². The van der Waals surface area contributed by atoms with Crippen LogP contribution < -0.4 is 22.1 Å². The normalized spacial score (nSPS) is 13.3. The van der Waals surface area contributed by atoms with Gasteiger partial charge in [0.2, 0.25) is 0 Å². The van der Waals surface area contributed by atoms with Crippen LogP contribution in [0.25, 0.3) is 10.9 Å². The van der Waals surface area contributed by atoms with Crippen LogP contribution in [0.2, 0.25) is 0 Å². The molecule has 0 spiro atoms. The van der Waals surface area contributed by atoms with E-state index in [-0.39, 0.29) is 29.3 Å². The summed E-state index contributed by atoms with van der Waals surface area (Å²) in [4.78, 5) is 16.0. The highest BCUT2D eigenvalue weighted by Crippen LogP contribution is 2.26. The van der Waals surface area contributed by atoms with E-state index in [1.54, 1.807) is 13.1 Å². The number of carbonyl (C=O) groups is 1. The van der Waals surface area contributed by atoms with E-state index < -0.39 is 11.7 Å². The van der Waals surface area contributed by atoms with Gasteiger partial charge in [0, 0.05) is 29.7 Å². The molecule has 0 saturated heterocycles. The Morgan fingerprint density at radius 2 is 2.04 bits per heavy atom. The molecule has 6 N–H and O–H groups in total. The monoisotopic (exact) mass is 385 g/mol. The summed E-state index contributed by atoms with van der Waals surface area (Å²) >= 11 is 0. The molecule has 0 bridgehead atoms. The highest BCUT2D eigenvalue weighted by molar-refractivity contribution is 5.99. The molecule has 3 aromatic rings. The van der Waals surface area contributed by atoms with Crippen molar-refractivity contribution in [2.45, 2.75) is 39.4 Å². The van der Waals surface area contributed by atoms with E-state index in [2.05, 4.69) is 20.7 Å².